The fourth-order valence-corrected chi connectivity index (χ4v) is 2.27. The quantitative estimate of drug-likeness (QED) is 0.536. The Bertz CT molecular complexity index is 827. The van der Waals surface area contributed by atoms with Crippen molar-refractivity contribution in [1.29, 1.82) is 0 Å². The van der Waals surface area contributed by atoms with Gasteiger partial charge in [0.1, 0.15) is 11.5 Å². The molecule has 0 atom stereocenters. The number of nitrogens with one attached hydrogen (secondary N) is 2. The number of H-pyrrole nitrogens is 1. The SMILES string of the molecule is Fc1nc(NCc2ccc(C(F)(F)F)nc2)ccc1Cc1cc[nH]c1. The second-order valence-electron chi connectivity index (χ2n) is 5.45. The predicted molar refractivity (Wildman–Crippen MR) is 84.4 cm³/mol. The molecule has 2 N–H and O–H groups in total. The number of halogens is 4. The van der Waals surface area contributed by atoms with E-state index in [1.54, 1.807) is 24.5 Å². The zero-order valence-electron chi connectivity index (χ0n) is 12.9. The molecule has 0 aliphatic carbocycles. The van der Waals surface area contributed by atoms with Crippen LogP contribution < -0.4 is 5.32 Å². The average molecular weight is 350 g/mol. The van der Waals surface area contributed by atoms with Gasteiger partial charge in [0.2, 0.25) is 5.95 Å². The van der Waals surface area contributed by atoms with Crippen molar-refractivity contribution < 1.29 is 17.6 Å². The maximum Gasteiger partial charge on any atom is 0.433 e. The Morgan fingerprint density at radius 3 is 2.48 bits per heavy atom. The van der Waals surface area contributed by atoms with Gasteiger partial charge in [0.05, 0.1) is 0 Å². The van der Waals surface area contributed by atoms with Crippen molar-refractivity contribution in [2.24, 2.45) is 0 Å². The monoisotopic (exact) mass is 350 g/mol. The van der Waals surface area contributed by atoms with E-state index >= 15 is 0 Å². The maximum absolute atomic E-state index is 14.1. The van der Waals surface area contributed by atoms with E-state index in [0.717, 1.165) is 17.8 Å². The van der Waals surface area contributed by atoms with Crippen LogP contribution in [-0.4, -0.2) is 15.0 Å². The molecule has 0 aliphatic rings. The summed E-state index contributed by atoms with van der Waals surface area (Å²) in [6.07, 6.45) is 0.627. The number of alkyl halides is 3. The molecule has 0 aliphatic heterocycles. The third-order valence-electron chi connectivity index (χ3n) is 3.57. The van der Waals surface area contributed by atoms with E-state index < -0.39 is 17.8 Å². The minimum Gasteiger partial charge on any atom is -0.367 e. The van der Waals surface area contributed by atoms with E-state index in [4.69, 9.17) is 0 Å². The van der Waals surface area contributed by atoms with Gasteiger partial charge in [-0.3, -0.25) is 4.98 Å². The van der Waals surface area contributed by atoms with Crippen LogP contribution in [0.1, 0.15) is 22.4 Å². The van der Waals surface area contributed by atoms with Crippen molar-refractivity contribution in [1.82, 2.24) is 15.0 Å². The van der Waals surface area contributed by atoms with Crippen LogP contribution in [0.25, 0.3) is 0 Å². The van der Waals surface area contributed by atoms with Gasteiger partial charge in [-0.15, -0.1) is 0 Å². The van der Waals surface area contributed by atoms with Crippen LogP contribution in [0.4, 0.5) is 23.4 Å². The minimum atomic E-state index is -4.47. The number of pyridine rings is 2. The first-order valence-corrected chi connectivity index (χ1v) is 7.45. The second-order valence-corrected chi connectivity index (χ2v) is 5.45. The maximum atomic E-state index is 14.1. The fourth-order valence-electron chi connectivity index (χ4n) is 2.27. The van der Waals surface area contributed by atoms with Crippen molar-refractivity contribution in [3.05, 3.63) is 77.3 Å². The van der Waals surface area contributed by atoms with E-state index in [-0.39, 0.29) is 6.54 Å². The first kappa shape index (κ1) is 16.9. The third kappa shape index (κ3) is 4.34. The molecule has 0 unspecified atom stereocenters. The van der Waals surface area contributed by atoms with E-state index in [0.29, 0.717) is 23.4 Å². The summed E-state index contributed by atoms with van der Waals surface area (Å²) in [4.78, 5) is 10.1. The molecule has 0 aromatic carbocycles. The third-order valence-corrected chi connectivity index (χ3v) is 3.57. The second kappa shape index (κ2) is 6.92. The number of aromatic nitrogens is 3. The molecular weight excluding hydrogens is 336 g/mol. The lowest BCUT2D eigenvalue weighted by atomic mass is 10.1. The van der Waals surface area contributed by atoms with Crippen LogP contribution in [0.2, 0.25) is 0 Å². The highest BCUT2D eigenvalue weighted by Crippen LogP contribution is 2.27. The number of hydrogen-bond donors (Lipinski definition) is 2. The summed E-state index contributed by atoms with van der Waals surface area (Å²) in [6, 6.07) is 7.33. The van der Waals surface area contributed by atoms with E-state index in [2.05, 4.69) is 20.3 Å². The molecule has 0 spiro atoms. The molecule has 3 rings (SSSR count). The van der Waals surface area contributed by atoms with Crippen molar-refractivity contribution >= 4 is 5.82 Å². The summed E-state index contributed by atoms with van der Waals surface area (Å²) < 4.78 is 51.4. The van der Waals surface area contributed by atoms with Gasteiger partial charge in [-0.1, -0.05) is 12.1 Å². The average Bonchev–Trinajstić information content (AvgIpc) is 3.08. The normalized spacial score (nSPS) is 11.5. The molecule has 0 amide bonds. The van der Waals surface area contributed by atoms with Crippen LogP contribution in [0.5, 0.6) is 0 Å². The molecule has 4 nitrogen and oxygen atoms in total. The standard InChI is InChI=1S/C17H14F4N4/c18-16-13(7-11-5-6-22-8-11)2-4-15(25-16)24-10-12-1-3-14(23-9-12)17(19,20)21/h1-6,8-9,22H,7,10H2,(H,24,25). The molecule has 0 saturated heterocycles. The van der Waals surface area contributed by atoms with Gasteiger partial charge in [-0.05, 0) is 29.3 Å². The van der Waals surface area contributed by atoms with Gasteiger partial charge in [-0.25, -0.2) is 4.98 Å². The highest BCUT2D eigenvalue weighted by atomic mass is 19.4. The molecule has 8 heteroatoms. The van der Waals surface area contributed by atoms with Gasteiger partial charge in [-0.2, -0.15) is 17.6 Å². The van der Waals surface area contributed by atoms with Gasteiger partial charge >= 0.3 is 6.18 Å². The van der Waals surface area contributed by atoms with Crippen molar-refractivity contribution in [3.63, 3.8) is 0 Å². The van der Waals surface area contributed by atoms with E-state index in [1.165, 1.54) is 6.07 Å². The number of aromatic amines is 1. The van der Waals surface area contributed by atoms with Crippen molar-refractivity contribution in [2.75, 3.05) is 5.32 Å². The zero-order chi connectivity index (χ0) is 17.9. The predicted octanol–water partition coefficient (Wildman–Crippen LogP) is 4.17. The molecule has 3 heterocycles. The van der Waals surface area contributed by atoms with Crippen molar-refractivity contribution in [3.8, 4) is 0 Å². The molecule has 0 radical (unpaired) electrons. The number of nitrogens with zero attached hydrogens (tertiary/aromatic N) is 2. The lowest BCUT2D eigenvalue weighted by Crippen LogP contribution is -2.09. The molecule has 0 fully saturated rings. The zero-order valence-corrected chi connectivity index (χ0v) is 12.9. The Morgan fingerprint density at radius 2 is 1.88 bits per heavy atom. The largest absolute Gasteiger partial charge is 0.433 e. The fraction of sp³-hybridized carbons (Fsp3) is 0.176. The van der Waals surface area contributed by atoms with Crippen LogP contribution >= 0.6 is 0 Å². The van der Waals surface area contributed by atoms with Crippen LogP contribution in [0, 0.1) is 5.95 Å². The van der Waals surface area contributed by atoms with Gasteiger partial charge in [0, 0.05) is 37.1 Å². The summed E-state index contributed by atoms with van der Waals surface area (Å²) in [7, 11) is 0. The molecule has 0 bridgehead atoms. The Kier molecular flexibility index (Phi) is 4.69. The summed E-state index contributed by atoms with van der Waals surface area (Å²) in [6.45, 7) is 0.189. The van der Waals surface area contributed by atoms with Gasteiger partial charge in [0.25, 0.3) is 0 Å². The smallest absolute Gasteiger partial charge is 0.367 e. The molecular formula is C17H14F4N4. The number of anilines is 1. The lowest BCUT2D eigenvalue weighted by molar-refractivity contribution is -0.141. The molecule has 0 saturated carbocycles. The molecule has 3 aromatic rings. The van der Waals surface area contributed by atoms with E-state index in [1.807, 2.05) is 6.07 Å². The first-order chi connectivity index (χ1) is 11.9. The van der Waals surface area contributed by atoms with E-state index in [9.17, 15) is 17.6 Å². The highest BCUT2D eigenvalue weighted by molar-refractivity contribution is 5.38. The minimum absolute atomic E-state index is 0.189. The summed E-state index contributed by atoms with van der Waals surface area (Å²) in [5.74, 6) is -0.285. The summed E-state index contributed by atoms with van der Waals surface area (Å²) in [5, 5.41) is 2.87. The first-order valence-electron chi connectivity index (χ1n) is 7.45. The molecule has 25 heavy (non-hydrogen) atoms. The lowest BCUT2D eigenvalue weighted by Gasteiger charge is -2.09. The van der Waals surface area contributed by atoms with Crippen molar-refractivity contribution in [2.45, 2.75) is 19.1 Å². The van der Waals surface area contributed by atoms with Crippen LogP contribution in [0.15, 0.2) is 48.9 Å². The van der Waals surface area contributed by atoms with Crippen LogP contribution in [0.3, 0.4) is 0 Å². The summed E-state index contributed by atoms with van der Waals surface area (Å²) >= 11 is 0. The van der Waals surface area contributed by atoms with Crippen LogP contribution in [-0.2, 0) is 19.1 Å². The Balaban J connectivity index is 1.62. The Labute approximate surface area is 141 Å². The summed E-state index contributed by atoms with van der Waals surface area (Å²) in [5.41, 5.74) is 0.986. The Hall–Kier alpha value is -2.90. The molecule has 130 valence electrons. The number of rotatable bonds is 5. The van der Waals surface area contributed by atoms with Gasteiger partial charge in [0.15, 0.2) is 0 Å². The number of hydrogen-bond acceptors (Lipinski definition) is 3. The Morgan fingerprint density at radius 1 is 1.04 bits per heavy atom. The van der Waals surface area contributed by atoms with Gasteiger partial charge < -0.3 is 10.3 Å². The molecule has 3 aromatic heterocycles. The topological polar surface area (TPSA) is 53.6 Å². The highest BCUT2D eigenvalue weighted by Gasteiger charge is 2.31.